The van der Waals surface area contributed by atoms with Gasteiger partial charge in [0.1, 0.15) is 0 Å². The lowest BCUT2D eigenvalue weighted by atomic mass is 10.1. The number of hydrogen-bond acceptors (Lipinski definition) is 2. The molecular weight excluding hydrogens is 114 g/mol. The third kappa shape index (κ3) is 5.80. The molecule has 2 nitrogen and oxygen atoms in total. The molecule has 0 amide bonds. The molecule has 0 aromatic carbocycles. The highest BCUT2D eigenvalue weighted by Gasteiger charge is 1.98. The summed E-state index contributed by atoms with van der Waals surface area (Å²) in [6, 6.07) is 0.218. The van der Waals surface area contributed by atoms with E-state index < -0.39 is 0 Å². The Kier molecular flexibility index (Phi) is 5.99. The van der Waals surface area contributed by atoms with Gasteiger partial charge in [0.15, 0.2) is 0 Å². The van der Waals surface area contributed by atoms with Crippen LogP contribution in [-0.2, 0) is 0 Å². The molecule has 3 N–H and O–H groups in total. The second-order valence-electron chi connectivity index (χ2n) is 2.41. The summed E-state index contributed by atoms with van der Waals surface area (Å²) >= 11 is 0. The molecule has 0 rings (SSSR count). The van der Waals surface area contributed by atoms with Crippen molar-refractivity contribution in [1.82, 2.24) is 0 Å². The molecule has 0 aliphatic heterocycles. The second kappa shape index (κ2) is 6.05. The predicted octanol–water partition coefficient (Wildman–Crippen LogP) is 0.886. The Labute approximate surface area is 57.1 Å². The van der Waals surface area contributed by atoms with Gasteiger partial charge in [-0.05, 0) is 12.8 Å². The van der Waals surface area contributed by atoms with E-state index >= 15 is 0 Å². The van der Waals surface area contributed by atoms with E-state index in [4.69, 9.17) is 10.8 Å². The van der Waals surface area contributed by atoms with Crippen LogP contribution in [0.25, 0.3) is 0 Å². The average Bonchev–Trinajstić information content (AvgIpc) is 1.85. The molecule has 0 bridgehead atoms. The first-order chi connectivity index (χ1) is 4.31. The number of rotatable bonds is 5. The zero-order chi connectivity index (χ0) is 7.11. The molecule has 1 unspecified atom stereocenters. The summed E-state index contributed by atoms with van der Waals surface area (Å²) in [6.45, 7) is 2.37. The van der Waals surface area contributed by atoms with Crippen LogP contribution < -0.4 is 5.73 Å². The number of nitrogens with two attached hydrogens (primary N) is 1. The van der Waals surface area contributed by atoms with Gasteiger partial charge in [-0.1, -0.05) is 19.8 Å². The van der Waals surface area contributed by atoms with Crippen LogP contribution >= 0.6 is 0 Å². The lowest BCUT2D eigenvalue weighted by molar-refractivity contribution is 0.272. The SMILES string of the molecule is CCCCC(N)CCO. The van der Waals surface area contributed by atoms with Gasteiger partial charge in [0.25, 0.3) is 0 Å². The van der Waals surface area contributed by atoms with Gasteiger partial charge in [-0.2, -0.15) is 0 Å². The van der Waals surface area contributed by atoms with Crippen molar-refractivity contribution in [3.63, 3.8) is 0 Å². The Bertz CT molecular complexity index is 56.9. The van der Waals surface area contributed by atoms with E-state index in [-0.39, 0.29) is 12.6 Å². The highest BCUT2D eigenvalue weighted by molar-refractivity contribution is 4.58. The van der Waals surface area contributed by atoms with Crippen molar-refractivity contribution in [3.8, 4) is 0 Å². The van der Waals surface area contributed by atoms with Gasteiger partial charge in [-0.15, -0.1) is 0 Å². The van der Waals surface area contributed by atoms with E-state index in [1.165, 1.54) is 12.8 Å². The van der Waals surface area contributed by atoms with E-state index in [0.29, 0.717) is 0 Å². The van der Waals surface area contributed by atoms with Crippen LogP contribution in [0.4, 0.5) is 0 Å². The lowest BCUT2D eigenvalue weighted by Gasteiger charge is -2.06. The monoisotopic (exact) mass is 131 g/mol. The highest BCUT2D eigenvalue weighted by Crippen LogP contribution is 2.00. The zero-order valence-electron chi connectivity index (χ0n) is 6.14. The van der Waals surface area contributed by atoms with Crippen molar-refractivity contribution in [2.45, 2.75) is 38.6 Å². The molecule has 1 atom stereocenters. The Balaban J connectivity index is 2.95. The molecule has 56 valence electrons. The van der Waals surface area contributed by atoms with Gasteiger partial charge in [0.2, 0.25) is 0 Å². The summed E-state index contributed by atoms with van der Waals surface area (Å²) in [5, 5.41) is 8.46. The molecule has 0 saturated carbocycles. The molecule has 0 fully saturated rings. The fraction of sp³-hybridized carbons (Fsp3) is 1.00. The van der Waals surface area contributed by atoms with Crippen LogP contribution in [0, 0.1) is 0 Å². The number of aliphatic hydroxyl groups excluding tert-OH is 1. The maximum atomic E-state index is 8.46. The van der Waals surface area contributed by atoms with Crippen LogP contribution in [0.15, 0.2) is 0 Å². The normalized spacial score (nSPS) is 13.7. The lowest BCUT2D eigenvalue weighted by Crippen LogP contribution is -2.20. The van der Waals surface area contributed by atoms with Gasteiger partial charge >= 0.3 is 0 Å². The molecule has 0 aliphatic rings. The van der Waals surface area contributed by atoms with E-state index in [1.54, 1.807) is 0 Å². The minimum atomic E-state index is 0.218. The first-order valence-electron chi connectivity index (χ1n) is 3.67. The van der Waals surface area contributed by atoms with E-state index in [0.717, 1.165) is 12.8 Å². The van der Waals surface area contributed by atoms with E-state index in [1.807, 2.05) is 0 Å². The number of hydrogen-bond donors (Lipinski definition) is 2. The molecule has 0 heterocycles. The first-order valence-corrected chi connectivity index (χ1v) is 3.67. The van der Waals surface area contributed by atoms with Crippen LogP contribution in [0.5, 0.6) is 0 Å². The minimum absolute atomic E-state index is 0.218. The van der Waals surface area contributed by atoms with Gasteiger partial charge in [-0.25, -0.2) is 0 Å². The Morgan fingerprint density at radius 2 is 2.11 bits per heavy atom. The summed E-state index contributed by atoms with van der Waals surface area (Å²) in [7, 11) is 0. The predicted molar refractivity (Wildman–Crippen MR) is 39.2 cm³/mol. The fourth-order valence-corrected chi connectivity index (χ4v) is 0.776. The van der Waals surface area contributed by atoms with Crippen molar-refractivity contribution in [1.29, 1.82) is 0 Å². The fourth-order valence-electron chi connectivity index (χ4n) is 0.776. The summed E-state index contributed by atoms with van der Waals surface area (Å²) in [5.74, 6) is 0. The molecule has 0 saturated heterocycles. The second-order valence-corrected chi connectivity index (χ2v) is 2.41. The Morgan fingerprint density at radius 1 is 1.44 bits per heavy atom. The van der Waals surface area contributed by atoms with Crippen LogP contribution in [0.2, 0.25) is 0 Å². The minimum Gasteiger partial charge on any atom is -0.396 e. The third-order valence-electron chi connectivity index (χ3n) is 1.43. The third-order valence-corrected chi connectivity index (χ3v) is 1.43. The smallest absolute Gasteiger partial charge is 0.0445 e. The first kappa shape index (κ1) is 8.92. The number of aliphatic hydroxyl groups is 1. The molecular formula is C7H17NO. The molecule has 0 aromatic heterocycles. The van der Waals surface area contributed by atoms with Gasteiger partial charge < -0.3 is 10.8 Å². The largest absolute Gasteiger partial charge is 0.396 e. The van der Waals surface area contributed by atoms with E-state index in [9.17, 15) is 0 Å². The summed E-state index contributed by atoms with van der Waals surface area (Å²) in [4.78, 5) is 0. The van der Waals surface area contributed by atoms with Crippen molar-refractivity contribution in [3.05, 3.63) is 0 Å². The van der Waals surface area contributed by atoms with Gasteiger partial charge in [-0.3, -0.25) is 0 Å². The van der Waals surface area contributed by atoms with Crippen molar-refractivity contribution >= 4 is 0 Å². The standard InChI is InChI=1S/C7H17NO/c1-2-3-4-7(8)5-6-9/h7,9H,2-6,8H2,1H3. The van der Waals surface area contributed by atoms with Crippen LogP contribution in [0.1, 0.15) is 32.6 Å². The topological polar surface area (TPSA) is 46.2 Å². The summed E-state index contributed by atoms with van der Waals surface area (Å²) < 4.78 is 0. The maximum Gasteiger partial charge on any atom is 0.0445 e. The van der Waals surface area contributed by atoms with Crippen LogP contribution in [0.3, 0.4) is 0 Å². The quantitative estimate of drug-likeness (QED) is 0.582. The van der Waals surface area contributed by atoms with E-state index in [2.05, 4.69) is 6.92 Å². The van der Waals surface area contributed by atoms with Crippen molar-refractivity contribution in [2.24, 2.45) is 5.73 Å². The van der Waals surface area contributed by atoms with Gasteiger partial charge in [0.05, 0.1) is 0 Å². The van der Waals surface area contributed by atoms with Gasteiger partial charge in [0, 0.05) is 12.6 Å². The molecule has 2 heteroatoms. The Hall–Kier alpha value is -0.0800. The molecule has 0 aromatic rings. The maximum absolute atomic E-state index is 8.46. The highest BCUT2D eigenvalue weighted by atomic mass is 16.3. The van der Waals surface area contributed by atoms with Crippen molar-refractivity contribution < 1.29 is 5.11 Å². The summed E-state index contributed by atoms with van der Waals surface area (Å²) in [5.41, 5.74) is 5.61. The van der Waals surface area contributed by atoms with Crippen LogP contribution in [-0.4, -0.2) is 17.8 Å². The molecule has 0 aliphatic carbocycles. The molecule has 0 spiro atoms. The molecule has 0 radical (unpaired) electrons. The number of unbranched alkanes of at least 4 members (excludes halogenated alkanes) is 1. The van der Waals surface area contributed by atoms with Crippen molar-refractivity contribution in [2.75, 3.05) is 6.61 Å². The Morgan fingerprint density at radius 3 is 2.56 bits per heavy atom. The molecule has 9 heavy (non-hydrogen) atoms. The summed E-state index contributed by atoms with van der Waals surface area (Å²) in [6.07, 6.45) is 4.18. The zero-order valence-corrected chi connectivity index (χ0v) is 6.14. The average molecular weight is 131 g/mol.